The van der Waals surface area contributed by atoms with Gasteiger partial charge in [-0.05, 0) is 30.5 Å². The molecule has 1 N–H and O–H groups in total. The average molecular weight is 332 g/mol. The number of methoxy groups -OCH3 is 1. The minimum Gasteiger partial charge on any atom is -0.494 e. The fourth-order valence-corrected chi connectivity index (χ4v) is 2.39. The molecule has 0 aliphatic heterocycles. The summed E-state index contributed by atoms with van der Waals surface area (Å²) in [4.78, 5) is 11.9. The molecule has 0 fully saturated rings. The second kappa shape index (κ2) is 8.15. The van der Waals surface area contributed by atoms with E-state index in [1.807, 2.05) is 0 Å². The van der Waals surface area contributed by atoms with E-state index >= 15 is 0 Å². The number of alkyl halides is 1. The van der Waals surface area contributed by atoms with Gasteiger partial charge in [-0.25, -0.2) is 4.39 Å². The highest BCUT2D eigenvalue weighted by molar-refractivity contribution is 9.09. The average Bonchev–Trinajstić information content (AvgIpc) is 2.43. The molecule has 1 atom stereocenters. The Balaban J connectivity index is 2.62. The molecule has 0 aromatic heterocycles. The van der Waals surface area contributed by atoms with Crippen molar-refractivity contribution in [2.24, 2.45) is 5.92 Å². The van der Waals surface area contributed by atoms with Crippen LogP contribution in [0.2, 0.25) is 0 Å². The third-order valence-corrected chi connectivity index (χ3v) is 3.52. The van der Waals surface area contributed by atoms with Crippen LogP contribution in [-0.2, 0) is 0 Å². The van der Waals surface area contributed by atoms with Crippen molar-refractivity contribution in [3.63, 3.8) is 0 Å². The van der Waals surface area contributed by atoms with Crippen molar-refractivity contribution in [2.75, 3.05) is 19.0 Å². The van der Waals surface area contributed by atoms with Gasteiger partial charge in [-0.15, -0.1) is 0 Å². The van der Waals surface area contributed by atoms with Gasteiger partial charge in [0, 0.05) is 17.4 Å². The van der Waals surface area contributed by atoms with Gasteiger partial charge < -0.3 is 10.1 Å². The molecule has 1 rings (SSSR count). The van der Waals surface area contributed by atoms with Crippen LogP contribution in [0.25, 0.3) is 0 Å². The lowest BCUT2D eigenvalue weighted by Crippen LogP contribution is -2.29. The summed E-state index contributed by atoms with van der Waals surface area (Å²) in [5.74, 6) is -0.137. The first-order chi connectivity index (χ1) is 9.12. The molecule has 1 aromatic rings. The van der Waals surface area contributed by atoms with Crippen LogP contribution in [-0.4, -0.2) is 24.9 Å². The van der Waals surface area contributed by atoms with Crippen LogP contribution in [0.5, 0.6) is 5.75 Å². The summed E-state index contributed by atoms with van der Waals surface area (Å²) < 4.78 is 18.1. The SMILES string of the molecule is CCC(CCBr)CNC(=O)c1ccc(F)c(OC)c1. The molecule has 1 amide bonds. The Morgan fingerprint density at radius 1 is 1.53 bits per heavy atom. The van der Waals surface area contributed by atoms with Crippen LogP contribution in [0.1, 0.15) is 30.1 Å². The Kier molecular flexibility index (Phi) is 6.84. The number of nitrogens with one attached hydrogen (secondary N) is 1. The summed E-state index contributed by atoms with van der Waals surface area (Å²) in [6, 6.07) is 4.11. The van der Waals surface area contributed by atoms with Crippen molar-refractivity contribution in [3.05, 3.63) is 29.6 Å². The highest BCUT2D eigenvalue weighted by Crippen LogP contribution is 2.18. The quantitative estimate of drug-likeness (QED) is 0.778. The maximum Gasteiger partial charge on any atom is 0.251 e. The second-order valence-electron chi connectivity index (χ2n) is 4.31. The fourth-order valence-electron chi connectivity index (χ4n) is 1.74. The zero-order chi connectivity index (χ0) is 14.3. The molecule has 0 radical (unpaired) electrons. The molecule has 1 aromatic carbocycles. The first kappa shape index (κ1) is 16.0. The molecule has 0 aliphatic carbocycles. The smallest absolute Gasteiger partial charge is 0.251 e. The summed E-state index contributed by atoms with van der Waals surface area (Å²) in [7, 11) is 1.38. The first-order valence-corrected chi connectivity index (χ1v) is 7.42. The predicted octanol–water partition coefficient (Wildman–Crippen LogP) is 3.38. The number of hydrogen-bond donors (Lipinski definition) is 1. The zero-order valence-electron chi connectivity index (χ0n) is 11.2. The normalized spacial score (nSPS) is 12.0. The molecule has 0 spiro atoms. The largest absolute Gasteiger partial charge is 0.494 e. The molecule has 0 aliphatic rings. The lowest BCUT2D eigenvalue weighted by Gasteiger charge is -2.14. The van der Waals surface area contributed by atoms with E-state index in [2.05, 4.69) is 28.2 Å². The van der Waals surface area contributed by atoms with Gasteiger partial charge in [-0.1, -0.05) is 29.3 Å². The first-order valence-electron chi connectivity index (χ1n) is 6.30. The Labute approximate surface area is 121 Å². The topological polar surface area (TPSA) is 38.3 Å². The Hall–Kier alpha value is -1.10. The standard InChI is InChI=1S/C14H19BrFNO2/c1-3-10(6-7-15)9-17-14(18)11-4-5-12(16)13(8-11)19-2/h4-5,8,10H,3,6-7,9H2,1-2H3,(H,17,18). The highest BCUT2D eigenvalue weighted by atomic mass is 79.9. The van der Waals surface area contributed by atoms with E-state index < -0.39 is 5.82 Å². The molecule has 106 valence electrons. The molecule has 3 nitrogen and oxygen atoms in total. The van der Waals surface area contributed by atoms with Gasteiger partial charge in [0.2, 0.25) is 0 Å². The minimum absolute atomic E-state index is 0.0835. The van der Waals surface area contributed by atoms with Gasteiger partial charge in [0.05, 0.1) is 7.11 Å². The van der Waals surface area contributed by atoms with Gasteiger partial charge in [0.25, 0.3) is 5.91 Å². The number of ether oxygens (including phenoxy) is 1. The minimum atomic E-state index is -0.468. The van der Waals surface area contributed by atoms with Gasteiger partial charge in [-0.3, -0.25) is 4.79 Å². The molecule has 5 heteroatoms. The summed E-state index contributed by atoms with van der Waals surface area (Å²) in [6.45, 7) is 2.72. The van der Waals surface area contributed by atoms with Crippen molar-refractivity contribution in [1.29, 1.82) is 0 Å². The molecule has 0 saturated heterocycles. The van der Waals surface area contributed by atoms with E-state index in [-0.39, 0.29) is 11.7 Å². The number of amides is 1. The van der Waals surface area contributed by atoms with Crippen LogP contribution in [0, 0.1) is 11.7 Å². The molecular formula is C14H19BrFNO2. The van der Waals surface area contributed by atoms with E-state index in [0.29, 0.717) is 18.0 Å². The third kappa shape index (κ3) is 4.82. The Bertz CT molecular complexity index is 426. The maximum atomic E-state index is 13.2. The van der Waals surface area contributed by atoms with Crippen molar-refractivity contribution in [2.45, 2.75) is 19.8 Å². The summed E-state index contributed by atoms with van der Waals surface area (Å²) >= 11 is 3.40. The van der Waals surface area contributed by atoms with E-state index in [4.69, 9.17) is 4.74 Å². The molecule has 0 saturated carbocycles. The number of benzene rings is 1. The Morgan fingerprint density at radius 2 is 2.26 bits per heavy atom. The zero-order valence-corrected chi connectivity index (χ0v) is 12.8. The molecule has 19 heavy (non-hydrogen) atoms. The Morgan fingerprint density at radius 3 is 2.84 bits per heavy atom. The van der Waals surface area contributed by atoms with E-state index in [0.717, 1.165) is 18.2 Å². The fraction of sp³-hybridized carbons (Fsp3) is 0.500. The van der Waals surface area contributed by atoms with Crippen molar-refractivity contribution < 1.29 is 13.9 Å². The number of halogens is 2. The van der Waals surface area contributed by atoms with Crippen LogP contribution >= 0.6 is 15.9 Å². The monoisotopic (exact) mass is 331 g/mol. The number of carbonyl (C=O) groups excluding carboxylic acids is 1. The van der Waals surface area contributed by atoms with E-state index in [1.165, 1.54) is 25.3 Å². The summed E-state index contributed by atoms with van der Waals surface area (Å²) in [5.41, 5.74) is 0.409. The number of hydrogen-bond acceptors (Lipinski definition) is 2. The lowest BCUT2D eigenvalue weighted by molar-refractivity contribution is 0.0946. The molecule has 0 heterocycles. The number of carbonyl (C=O) groups is 1. The number of rotatable bonds is 7. The summed E-state index contributed by atoms with van der Waals surface area (Å²) in [5, 5.41) is 3.79. The van der Waals surface area contributed by atoms with Gasteiger partial charge >= 0.3 is 0 Å². The van der Waals surface area contributed by atoms with E-state index in [1.54, 1.807) is 0 Å². The predicted molar refractivity (Wildman–Crippen MR) is 77.5 cm³/mol. The maximum absolute atomic E-state index is 13.2. The third-order valence-electron chi connectivity index (χ3n) is 3.06. The van der Waals surface area contributed by atoms with Crippen molar-refractivity contribution in [3.8, 4) is 5.75 Å². The van der Waals surface area contributed by atoms with Crippen LogP contribution < -0.4 is 10.1 Å². The second-order valence-corrected chi connectivity index (χ2v) is 5.10. The van der Waals surface area contributed by atoms with Crippen LogP contribution in [0.4, 0.5) is 4.39 Å². The molecule has 0 bridgehead atoms. The van der Waals surface area contributed by atoms with Crippen molar-refractivity contribution >= 4 is 21.8 Å². The molecular weight excluding hydrogens is 313 g/mol. The van der Waals surface area contributed by atoms with Crippen LogP contribution in [0.3, 0.4) is 0 Å². The highest BCUT2D eigenvalue weighted by Gasteiger charge is 2.12. The molecule has 1 unspecified atom stereocenters. The van der Waals surface area contributed by atoms with Crippen molar-refractivity contribution in [1.82, 2.24) is 5.32 Å². The van der Waals surface area contributed by atoms with E-state index in [9.17, 15) is 9.18 Å². The van der Waals surface area contributed by atoms with Crippen LogP contribution in [0.15, 0.2) is 18.2 Å². The summed E-state index contributed by atoms with van der Waals surface area (Å²) in [6.07, 6.45) is 2.03. The van der Waals surface area contributed by atoms with Gasteiger partial charge in [-0.2, -0.15) is 0 Å². The van der Waals surface area contributed by atoms with Gasteiger partial charge in [0.1, 0.15) is 0 Å². The lowest BCUT2D eigenvalue weighted by atomic mass is 10.0. The van der Waals surface area contributed by atoms with Gasteiger partial charge in [0.15, 0.2) is 11.6 Å².